The molecule has 1 saturated heterocycles. The third-order valence-electron chi connectivity index (χ3n) is 4.64. The molecule has 1 fully saturated rings. The Kier molecular flexibility index (Phi) is 5.59. The van der Waals surface area contributed by atoms with Gasteiger partial charge in [-0.2, -0.15) is 9.57 Å². The number of benzene rings is 2. The monoisotopic (exact) mass is 383 g/mol. The summed E-state index contributed by atoms with van der Waals surface area (Å²) in [5.41, 5.74) is 1.88. The maximum atomic E-state index is 12.9. The number of carbonyl (C=O) groups excluding carboxylic acids is 1. The van der Waals surface area contributed by atoms with Crippen LogP contribution in [0.5, 0.6) is 0 Å². The molecular weight excluding hydrogens is 362 g/mol. The first kappa shape index (κ1) is 19.1. The molecule has 0 aromatic heterocycles. The first-order valence-corrected chi connectivity index (χ1v) is 10.2. The van der Waals surface area contributed by atoms with E-state index in [1.54, 1.807) is 53.4 Å². The number of carbonyl (C=O) groups is 1. The van der Waals surface area contributed by atoms with Gasteiger partial charge in [0.15, 0.2) is 0 Å². The first-order chi connectivity index (χ1) is 12.9. The smallest absolute Gasteiger partial charge is 0.253 e. The number of hydrogen-bond donors (Lipinski definition) is 0. The SMILES string of the molecule is Cc1ccc(S(=O)(=O)N2CCCN(C(=O)c3cccc(C#N)c3)CC2)cc1. The molecule has 2 aromatic carbocycles. The highest BCUT2D eigenvalue weighted by molar-refractivity contribution is 7.89. The van der Waals surface area contributed by atoms with Gasteiger partial charge in [-0.15, -0.1) is 0 Å². The van der Waals surface area contributed by atoms with Gasteiger partial charge in [-0.25, -0.2) is 8.42 Å². The lowest BCUT2D eigenvalue weighted by molar-refractivity contribution is 0.0764. The van der Waals surface area contributed by atoms with Gasteiger partial charge in [0.25, 0.3) is 5.91 Å². The average molecular weight is 383 g/mol. The highest BCUT2D eigenvalue weighted by atomic mass is 32.2. The zero-order chi connectivity index (χ0) is 19.4. The molecule has 0 N–H and O–H groups in total. The Labute approximate surface area is 159 Å². The summed E-state index contributed by atoms with van der Waals surface area (Å²) in [6, 6.07) is 15.4. The van der Waals surface area contributed by atoms with Crippen LogP contribution in [0.2, 0.25) is 0 Å². The minimum atomic E-state index is -3.57. The number of aryl methyl sites for hydroxylation is 1. The van der Waals surface area contributed by atoms with E-state index < -0.39 is 10.0 Å². The van der Waals surface area contributed by atoms with E-state index in [0.717, 1.165) is 5.56 Å². The lowest BCUT2D eigenvalue weighted by Crippen LogP contribution is -2.37. The van der Waals surface area contributed by atoms with Crippen LogP contribution in [-0.2, 0) is 10.0 Å². The second kappa shape index (κ2) is 7.91. The number of rotatable bonds is 3. The van der Waals surface area contributed by atoms with Crippen LogP contribution in [0.4, 0.5) is 0 Å². The summed E-state index contributed by atoms with van der Waals surface area (Å²) in [6.07, 6.45) is 0.564. The third kappa shape index (κ3) is 4.18. The van der Waals surface area contributed by atoms with Gasteiger partial charge in [-0.1, -0.05) is 23.8 Å². The van der Waals surface area contributed by atoms with Gasteiger partial charge >= 0.3 is 0 Å². The van der Waals surface area contributed by atoms with E-state index >= 15 is 0 Å². The Morgan fingerprint density at radius 3 is 2.48 bits per heavy atom. The summed E-state index contributed by atoms with van der Waals surface area (Å²) < 4.78 is 27.2. The van der Waals surface area contributed by atoms with Crippen LogP contribution in [0.1, 0.15) is 27.9 Å². The van der Waals surface area contributed by atoms with Gasteiger partial charge in [0.05, 0.1) is 16.5 Å². The number of hydrogen-bond acceptors (Lipinski definition) is 4. The fourth-order valence-corrected chi connectivity index (χ4v) is 4.57. The summed E-state index contributed by atoms with van der Waals surface area (Å²) >= 11 is 0. The van der Waals surface area contributed by atoms with E-state index in [1.807, 2.05) is 13.0 Å². The maximum absolute atomic E-state index is 12.9. The Balaban J connectivity index is 1.74. The van der Waals surface area contributed by atoms with Crippen molar-refractivity contribution in [2.24, 2.45) is 0 Å². The van der Waals surface area contributed by atoms with Gasteiger partial charge < -0.3 is 4.90 Å². The van der Waals surface area contributed by atoms with Gasteiger partial charge in [0.1, 0.15) is 0 Å². The molecule has 1 aliphatic rings. The Hall–Kier alpha value is -2.69. The second-order valence-corrected chi connectivity index (χ2v) is 8.49. The molecule has 0 spiro atoms. The maximum Gasteiger partial charge on any atom is 0.253 e. The summed E-state index contributed by atoms with van der Waals surface area (Å²) in [6.45, 7) is 3.33. The van der Waals surface area contributed by atoms with Crippen LogP contribution in [0, 0.1) is 18.3 Å². The molecule has 1 amide bonds. The Morgan fingerprint density at radius 2 is 1.78 bits per heavy atom. The van der Waals surface area contributed by atoms with Crippen molar-refractivity contribution in [3.05, 3.63) is 65.2 Å². The zero-order valence-electron chi connectivity index (χ0n) is 15.1. The van der Waals surface area contributed by atoms with Crippen LogP contribution < -0.4 is 0 Å². The molecule has 0 saturated carbocycles. The molecular formula is C20H21N3O3S. The van der Waals surface area contributed by atoms with Crippen molar-refractivity contribution in [1.82, 2.24) is 9.21 Å². The van der Waals surface area contributed by atoms with E-state index in [1.165, 1.54) is 4.31 Å². The highest BCUT2D eigenvalue weighted by Gasteiger charge is 2.28. The highest BCUT2D eigenvalue weighted by Crippen LogP contribution is 2.19. The van der Waals surface area contributed by atoms with Crippen LogP contribution in [-0.4, -0.2) is 49.7 Å². The fourth-order valence-electron chi connectivity index (χ4n) is 3.10. The van der Waals surface area contributed by atoms with E-state index in [-0.39, 0.29) is 17.3 Å². The normalized spacial score (nSPS) is 15.8. The van der Waals surface area contributed by atoms with Crippen molar-refractivity contribution in [2.75, 3.05) is 26.2 Å². The minimum Gasteiger partial charge on any atom is -0.337 e. The molecule has 0 aliphatic carbocycles. The standard InChI is InChI=1S/C20H21N3O3S/c1-16-6-8-19(9-7-16)27(25,26)23-11-3-10-22(12-13-23)20(24)18-5-2-4-17(14-18)15-21/h2,4-9,14H,3,10-13H2,1H3. The molecule has 2 aromatic rings. The molecule has 1 aliphatic heterocycles. The second-order valence-electron chi connectivity index (χ2n) is 6.56. The van der Waals surface area contributed by atoms with Crippen molar-refractivity contribution < 1.29 is 13.2 Å². The Morgan fingerprint density at radius 1 is 1.04 bits per heavy atom. The van der Waals surface area contributed by atoms with E-state index in [2.05, 4.69) is 0 Å². The number of sulfonamides is 1. The third-order valence-corrected chi connectivity index (χ3v) is 6.55. The molecule has 27 heavy (non-hydrogen) atoms. The van der Waals surface area contributed by atoms with Crippen molar-refractivity contribution in [2.45, 2.75) is 18.2 Å². The van der Waals surface area contributed by atoms with Crippen molar-refractivity contribution in [3.63, 3.8) is 0 Å². The van der Waals surface area contributed by atoms with Crippen LogP contribution in [0.3, 0.4) is 0 Å². The van der Waals surface area contributed by atoms with Crippen molar-refractivity contribution >= 4 is 15.9 Å². The lowest BCUT2D eigenvalue weighted by atomic mass is 10.1. The predicted molar refractivity (Wildman–Crippen MR) is 102 cm³/mol. The van der Waals surface area contributed by atoms with E-state index in [4.69, 9.17) is 5.26 Å². The first-order valence-electron chi connectivity index (χ1n) is 8.78. The summed E-state index contributed by atoms with van der Waals surface area (Å²) in [5, 5.41) is 9.00. The van der Waals surface area contributed by atoms with Crippen LogP contribution >= 0.6 is 0 Å². The van der Waals surface area contributed by atoms with Gasteiger partial charge in [0, 0.05) is 31.7 Å². The molecule has 0 bridgehead atoms. The molecule has 1 heterocycles. The molecule has 0 unspecified atom stereocenters. The number of nitrogens with zero attached hydrogens (tertiary/aromatic N) is 3. The van der Waals surface area contributed by atoms with Gasteiger partial charge in [-0.05, 0) is 43.7 Å². The lowest BCUT2D eigenvalue weighted by Gasteiger charge is -2.22. The molecule has 140 valence electrons. The topological polar surface area (TPSA) is 81.5 Å². The van der Waals surface area contributed by atoms with Crippen LogP contribution in [0.15, 0.2) is 53.4 Å². The predicted octanol–water partition coefficient (Wildman–Crippen LogP) is 2.40. The molecule has 3 rings (SSSR count). The van der Waals surface area contributed by atoms with E-state index in [9.17, 15) is 13.2 Å². The molecule has 7 heteroatoms. The summed E-state index contributed by atoms with van der Waals surface area (Å²) in [4.78, 5) is 14.7. The van der Waals surface area contributed by atoms with Crippen LogP contribution in [0.25, 0.3) is 0 Å². The number of nitriles is 1. The quantitative estimate of drug-likeness (QED) is 0.815. The molecule has 0 atom stereocenters. The molecule has 0 radical (unpaired) electrons. The largest absolute Gasteiger partial charge is 0.337 e. The van der Waals surface area contributed by atoms with Gasteiger partial charge in [-0.3, -0.25) is 4.79 Å². The summed E-state index contributed by atoms with van der Waals surface area (Å²) in [7, 11) is -3.57. The van der Waals surface area contributed by atoms with Gasteiger partial charge in [0.2, 0.25) is 10.0 Å². The fraction of sp³-hybridized carbons (Fsp3) is 0.300. The molecule has 6 nitrogen and oxygen atoms in total. The zero-order valence-corrected chi connectivity index (χ0v) is 15.9. The number of amides is 1. The van der Waals surface area contributed by atoms with E-state index in [0.29, 0.717) is 37.2 Å². The van der Waals surface area contributed by atoms with Crippen molar-refractivity contribution in [3.8, 4) is 6.07 Å². The Bertz CT molecular complexity index is 978. The average Bonchev–Trinajstić information content (AvgIpc) is 2.94. The summed E-state index contributed by atoms with van der Waals surface area (Å²) in [5.74, 6) is -0.179. The minimum absolute atomic E-state index is 0.179. The van der Waals surface area contributed by atoms with Crippen molar-refractivity contribution in [1.29, 1.82) is 5.26 Å².